The molecule has 1 aromatic carbocycles. The Kier molecular flexibility index (Phi) is 3.82. The second-order valence-corrected chi connectivity index (χ2v) is 3.60. The highest BCUT2D eigenvalue weighted by atomic mass is 19.1. The maximum Gasteiger partial charge on any atom is 0.340 e. The third-order valence-corrected chi connectivity index (χ3v) is 1.91. The summed E-state index contributed by atoms with van der Waals surface area (Å²) in [6.45, 7) is 3.61. The van der Waals surface area contributed by atoms with Crippen molar-refractivity contribution in [2.24, 2.45) is 0 Å². The molecule has 0 heterocycles. The fraction of sp³-hybridized carbons (Fsp3) is 0.364. The second kappa shape index (κ2) is 4.92. The molecule has 0 atom stereocenters. The van der Waals surface area contributed by atoms with E-state index in [1.54, 1.807) is 13.8 Å². The Morgan fingerprint density at radius 1 is 1.31 bits per heavy atom. The van der Waals surface area contributed by atoms with Crippen molar-refractivity contribution in [3.8, 4) is 0 Å². The lowest BCUT2D eigenvalue weighted by atomic mass is 10.1. The number of ether oxygens (including phenoxy) is 1. The minimum atomic E-state index is -0.932. The number of halogens is 2. The Bertz CT molecular complexity index is 405. The van der Waals surface area contributed by atoms with Gasteiger partial charge in [-0.15, -0.1) is 0 Å². The largest absolute Gasteiger partial charge is 0.465 e. The third kappa shape index (κ3) is 2.68. The Morgan fingerprint density at radius 2 is 1.94 bits per heavy atom. The van der Waals surface area contributed by atoms with Crippen LogP contribution in [0.25, 0.3) is 0 Å². The van der Waals surface area contributed by atoms with Gasteiger partial charge >= 0.3 is 5.97 Å². The van der Waals surface area contributed by atoms with Gasteiger partial charge in [-0.2, -0.15) is 0 Å². The summed E-state index contributed by atoms with van der Waals surface area (Å²) in [5, 5.41) is 2.77. The van der Waals surface area contributed by atoms with Crippen LogP contribution in [0, 0.1) is 11.6 Å². The van der Waals surface area contributed by atoms with Gasteiger partial charge in [0.05, 0.1) is 18.4 Å². The van der Waals surface area contributed by atoms with E-state index in [0.29, 0.717) is 6.07 Å². The first-order valence-corrected chi connectivity index (χ1v) is 4.79. The van der Waals surface area contributed by atoms with Crippen LogP contribution in [0.2, 0.25) is 0 Å². The Hall–Kier alpha value is -1.65. The second-order valence-electron chi connectivity index (χ2n) is 3.60. The number of benzene rings is 1. The molecule has 0 aliphatic carbocycles. The molecule has 0 unspecified atom stereocenters. The van der Waals surface area contributed by atoms with Gasteiger partial charge in [-0.05, 0) is 19.9 Å². The monoisotopic (exact) mass is 229 g/mol. The van der Waals surface area contributed by atoms with E-state index in [9.17, 15) is 13.6 Å². The summed E-state index contributed by atoms with van der Waals surface area (Å²) < 4.78 is 30.9. The van der Waals surface area contributed by atoms with E-state index in [2.05, 4.69) is 10.1 Å². The van der Waals surface area contributed by atoms with E-state index < -0.39 is 17.6 Å². The van der Waals surface area contributed by atoms with Gasteiger partial charge in [-0.25, -0.2) is 13.6 Å². The minimum absolute atomic E-state index is 0.0227. The molecular weight excluding hydrogens is 216 g/mol. The van der Waals surface area contributed by atoms with Gasteiger partial charge in [0.25, 0.3) is 0 Å². The number of methoxy groups -OCH3 is 1. The van der Waals surface area contributed by atoms with Crippen molar-refractivity contribution in [3.63, 3.8) is 0 Å². The zero-order chi connectivity index (χ0) is 12.3. The van der Waals surface area contributed by atoms with Gasteiger partial charge in [0, 0.05) is 12.1 Å². The Morgan fingerprint density at radius 3 is 2.44 bits per heavy atom. The predicted molar refractivity (Wildman–Crippen MR) is 56.5 cm³/mol. The van der Waals surface area contributed by atoms with Crippen LogP contribution in [0.4, 0.5) is 14.5 Å². The first-order valence-electron chi connectivity index (χ1n) is 4.79. The van der Waals surface area contributed by atoms with Crippen LogP contribution in [0.15, 0.2) is 12.1 Å². The fourth-order valence-electron chi connectivity index (χ4n) is 1.24. The summed E-state index contributed by atoms with van der Waals surface area (Å²) in [6.07, 6.45) is 0. The number of esters is 1. The minimum Gasteiger partial charge on any atom is -0.465 e. The zero-order valence-corrected chi connectivity index (χ0v) is 9.30. The lowest BCUT2D eigenvalue weighted by molar-refractivity contribution is 0.0595. The van der Waals surface area contributed by atoms with Crippen molar-refractivity contribution in [3.05, 3.63) is 29.3 Å². The molecular formula is C11H13F2NO2. The molecule has 0 spiro atoms. The molecule has 5 heteroatoms. The van der Waals surface area contributed by atoms with Crippen LogP contribution in [0.1, 0.15) is 24.2 Å². The van der Waals surface area contributed by atoms with Gasteiger partial charge in [0.2, 0.25) is 0 Å². The van der Waals surface area contributed by atoms with E-state index in [0.717, 1.165) is 13.2 Å². The molecule has 0 saturated heterocycles. The number of hydrogen-bond donors (Lipinski definition) is 1. The molecule has 0 fully saturated rings. The lowest BCUT2D eigenvalue weighted by Gasteiger charge is -2.12. The molecule has 0 radical (unpaired) electrons. The molecule has 0 aliphatic rings. The van der Waals surface area contributed by atoms with Crippen molar-refractivity contribution < 1.29 is 18.3 Å². The Labute approximate surface area is 92.4 Å². The van der Waals surface area contributed by atoms with E-state index in [4.69, 9.17) is 0 Å². The van der Waals surface area contributed by atoms with Crippen molar-refractivity contribution in [2.75, 3.05) is 12.4 Å². The normalized spacial score (nSPS) is 10.4. The van der Waals surface area contributed by atoms with Crippen LogP contribution in [-0.4, -0.2) is 19.1 Å². The van der Waals surface area contributed by atoms with Crippen molar-refractivity contribution in [2.45, 2.75) is 19.9 Å². The zero-order valence-electron chi connectivity index (χ0n) is 9.30. The number of carbonyl (C=O) groups excluding carboxylic acids is 1. The highest BCUT2D eigenvalue weighted by Gasteiger charge is 2.16. The van der Waals surface area contributed by atoms with Crippen LogP contribution in [0.3, 0.4) is 0 Å². The van der Waals surface area contributed by atoms with Gasteiger partial charge in [-0.3, -0.25) is 0 Å². The third-order valence-electron chi connectivity index (χ3n) is 1.91. The molecule has 0 aromatic heterocycles. The lowest BCUT2D eigenvalue weighted by Crippen LogP contribution is -2.13. The number of hydrogen-bond acceptors (Lipinski definition) is 3. The maximum atomic E-state index is 13.3. The summed E-state index contributed by atoms with van der Waals surface area (Å²) in [4.78, 5) is 11.2. The highest BCUT2D eigenvalue weighted by Crippen LogP contribution is 2.20. The average Bonchev–Trinajstić information content (AvgIpc) is 2.20. The molecule has 16 heavy (non-hydrogen) atoms. The van der Waals surface area contributed by atoms with Crippen LogP contribution in [-0.2, 0) is 4.74 Å². The number of anilines is 1. The van der Waals surface area contributed by atoms with Crippen molar-refractivity contribution >= 4 is 11.7 Å². The molecule has 0 aliphatic heterocycles. The van der Waals surface area contributed by atoms with Gasteiger partial charge in [0.15, 0.2) is 0 Å². The van der Waals surface area contributed by atoms with Crippen LogP contribution >= 0.6 is 0 Å². The van der Waals surface area contributed by atoms with E-state index in [1.165, 1.54) is 0 Å². The van der Waals surface area contributed by atoms with Gasteiger partial charge in [-0.1, -0.05) is 0 Å². The van der Waals surface area contributed by atoms with Gasteiger partial charge < -0.3 is 10.1 Å². The SMILES string of the molecule is COC(=O)c1cc(NC(C)C)c(F)cc1F. The first kappa shape index (κ1) is 12.4. The maximum absolute atomic E-state index is 13.3. The van der Waals surface area contributed by atoms with E-state index >= 15 is 0 Å². The topological polar surface area (TPSA) is 38.3 Å². The van der Waals surface area contributed by atoms with E-state index in [1.807, 2.05) is 0 Å². The molecule has 1 aromatic rings. The molecule has 1 rings (SSSR count). The average molecular weight is 229 g/mol. The number of carbonyl (C=O) groups is 1. The Balaban J connectivity index is 3.16. The summed E-state index contributed by atoms with van der Waals surface area (Å²) in [7, 11) is 1.14. The number of nitrogens with one attached hydrogen (secondary N) is 1. The molecule has 0 bridgehead atoms. The smallest absolute Gasteiger partial charge is 0.340 e. The summed E-state index contributed by atoms with van der Waals surface area (Å²) >= 11 is 0. The molecule has 0 saturated carbocycles. The molecule has 0 amide bonds. The number of rotatable bonds is 3. The summed E-state index contributed by atoms with van der Waals surface area (Å²) in [5.41, 5.74) is -0.205. The quantitative estimate of drug-likeness (QED) is 0.809. The molecule has 1 N–H and O–H groups in total. The predicted octanol–water partition coefficient (Wildman–Crippen LogP) is 2.57. The molecule has 3 nitrogen and oxygen atoms in total. The fourth-order valence-corrected chi connectivity index (χ4v) is 1.24. The van der Waals surface area contributed by atoms with Crippen molar-refractivity contribution in [1.82, 2.24) is 0 Å². The first-order chi connectivity index (χ1) is 7.45. The molecule has 88 valence electrons. The summed E-state index contributed by atoms with van der Waals surface area (Å²) in [5.74, 6) is -2.50. The summed E-state index contributed by atoms with van der Waals surface area (Å²) in [6, 6.07) is 1.75. The highest BCUT2D eigenvalue weighted by molar-refractivity contribution is 5.90. The van der Waals surface area contributed by atoms with E-state index in [-0.39, 0.29) is 17.3 Å². The van der Waals surface area contributed by atoms with Crippen LogP contribution < -0.4 is 5.32 Å². The van der Waals surface area contributed by atoms with Crippen molar-refractivity contribution in [1.29, 1.82) is 0 Å². The van der Waals surface area contributed by atoms with Crippen LogP contribution in [0.5, 0.6) is 0 Å². The van der Waals surface area contributed by atoms with Gasteiger partial charge in [0.1, 0.15) is 11.6 Å². The standard InChI is InChI=1S/C11H13F2NO2/c1-6(2)14-10-4-7(11(15)16-3)8(12)5-9(10)13/h4-6,14H,1-3H3.